The van der Waals surface area contributed by atoms with E-state index in [1.807, 2.05) is 25.7 Å². The van der Waals surface area contributed by atoms with Crippen LogP contribution in [0.2, 0.25) is 0 Å². The van der Waals surface area contributed by atoms with Crippen molar-refractivity contribution in [3.8, 4) is 5.88 Å². The van der Waals surface area contributed by atoms with Crippen LogP contribution in [0, 0.1) is 11.7 Å². The van der Waals surface area contributed by atoms with Gasteiger partial charge in [-0.25, -0.2) is 14.2 Å². The molecule has 1 fully saturated rings. The highest BCUT2D eigenvalue weighted by Crippen LogP contribution is 2.28. The molecule has 2 rings (SSSR count). The van der Waals surface area contributed by atoms with Crippen LogP contribution in [0.25, 0.3) is 0 Å². The molecule has 1 amide bonds. The molecule has 2 atom stereocenters. The van der Waals surface area contributed by atoms with E-state index in [0.29, 0.717) is 19.0 Å². The van der Waals surface area contributed by atoms with Gasteiger partial charge < -0.3 is 14.4 Å². The van der Waals surface area contributed by atoms with Crippen molar-refractivity contribution >= 4 is 6.09 Å². The molecule has 134 valence electrons. The molecule has 1 aliphatic heterocycles. The van der Waals surface area contributed by atoms with Crippen LogP contribution in [0.4, 0.5) is 9.18 Å². The Bertz CT molecular complexity index is 542. The van der Waals surface area contributed by atoms with Crippen molar-refractivity contribution in [1.29, 1.82) is 0 Å². The van der Waals surface area contributed by atoms with Crippen molar-refractivity contribution in [1.82, 2.24) is 9.88 Å². The zero-order valence-electron chi connectivity index (χ0n) is 14.9. The molecule has 24 heavy (non-hydrogen) atoms. The number of halogens is 1. The maximum absolute atomic E-state index is 12.9. The third-order valence-corrected chi connectivity index (χ3v) is 4.11. The molecule has 0 N–H and O–H groups in total. The van der Waals surface area contributed by atoms with E-state index in [1.54, 1.807) is 0 Å². The quantitative estimate of drug-likeness (QED) is 0.832. The van der Waals surface area contributed by atoms with Crippen LogP contribution < -0.4 is 4.74 Å². The van der Waals surface area contributed by atoms with Gasteiger partial charge in [0.15, 0.2) is 0 Å². The maximum atomic E-state index is 12.9. The summed E-state index contributed by atoms with van der Waals surface area (Å²) < 4.78 is 24.1. The van der Waals surface area contributed by atoms with Gasteiger partial charge in [-0.05, 0) is 46.1 Å². The SMILES string of the molecule is CCC1[C@H](COc2ccc(F)cn2)CCCN1C(=O)OC(C)(C)C. The number of piperidine rings is 1. The van der Waals surface area contributed by atoms with E-state index in [2.05, 4.69) is 11.9 Å². The van der Waals surface area contributed by atoms with Gasteiger partial charge in [-0.2, -0.15) is 0 Å². The number of hydrogen-bond acceptors (Lipinski definition) is 4. The Hall–Kier alpha value is -1.85. The smallest absolute Gasteiger partial charge is 0.410 e. The summed E-state index contributed by atoms with van der Waals surface area (Å²) in [6.07, 6.45) is 3.61. The summed E-state index contributed by atoms with van der Waals surface area (Å²) in [6, 6.07) is 2.92. The van der Waals surface area contributed by atoms with Gasteiger partial charge in [-0.3, -0.25) is 0 Å². The highest BCUT2D eigenvalue weighted by Gasteiger charge is 2.35. The standard InChI is InChI=1S/C18H27FN2O3/c1-5-15-13(12-23-16-9-8-14(19)11-20-16)7-6-10-21(15)17(22)24-18(2,3)4/h8-9,11,13,15H,5-7,10,12H2,1-4H3/t13-,15?/m0/s1. The summed E-state index contributed by atoms with van der Waals surface area (Å²) >= 11 is 0. The Morgan fingerprint density at radius 2 is 2.17 bits per heavy atom. The molecule has 6 heteroatoms. The summed E-state index contributed by atoms with van der Waals surface area (Å²) in [7, 11) is 0. The van der Waals surface area contributed by atoms with E-state index in [4.69, 9.17) is 9.47 Å². The number of nitrogens with zero attached hydrogens (tertiary/aromatic N) is 2. The molecule has 1 aliphatic rings. The highest BCUT2D eigenvalue weighted by atomic mass is 19.1. The van der Waals surface area contributed by atoms with Crippen molar-refractivity contribution in [2.75, 3.05) is 13.2 Å². The Morgan fingerprint density at radius 3 is 2.75 bits per heavy atom. The first kappa shape index (κ1) is 18.5. The molecule has 5 nitrogen and oxygen atoms in total. The molecule has 1 aromatic heterocycles. The molecule has 1 aromatic rings. The fourth-order valence-electron chi connectivity index (χ4n) is 3.07. The predicted molar refractivity (Wildman–Crippen MR) is 89.4 cm³/mol. The molecule has 2 heterocycles. The van der Waals surface area contributed by atoms with Gasteiger partial charge in [-0.1, -0.05) is 6.92 Å². The van der Waals surface area contributed by atoms with Crippen LogP contribution in [-0.4, -0.2) is 40.8 Å². The van der Waals surface area contributed by atoms with Crippen molar-refractivity contribution in [2.45, 2.75) is 58.6 Å². The summed E-state index contributed by atoms with van der Waals surface area (Å²) in [5, 5.41) is 0. The van der Waals surface area contributed by atoms with Crippen LogP contribution >= 0.6 is 0 Å². The van der Waals surface area contributed by atoms with E-state index in [1.165, 1.54) is 12.1 Å². The second-order valence-corrected chi connectivity index (χ2v) is 7.18. The number of rotatable bonds is 4. The van der Waals surface area contributed by atoms with Gasteiger partial charge in [-0.15, -0.1) is 0 Å². The normalized spacial score (nSPS) is 21.5. The van der Waals surface area contributed by atoms with Crippen molar-refractivity contribution in [3.05, 3.63) is 24.1 Å². The molecule has 1 saturated heterocycles. The van der Waals surface area contributed by atoms with Gasteiger partial charge >= 0.3 is 6.09 Å². The molecule has 0 aliphatic carbocycles. The number of ether oxygens (including phenoxy) is 2. The number of hydrogen-bond donors (Lipinski definition) is 0. The van der Waals surface area contributed by atoms with Crippen molar-refractivity contribution < 1.29 is 18.7 Å². The largest absolute Gasteiger partial charge is 0.477 e. The van der Waals surface area contributed by atoms with Gasteiger partial charge in [0, 0.05) is 24.6 Å². The zero-order chi connectivity index (χ0) is 17.7. The Kier molecular flexibility index (Phi) is 6.02. The van der Waals surface area contributed by atoms with Crippen LogP contribution in [0.3, 0.4) is 0 Å². The van der Waals surface area contributed by atoms with Gasteiger partial charge in [0.05, 0.1) is 12.8 Å². The van der Waals surface area contributed by atoms with E-state index >= 15 is 0 Å². The first-order valence-electron chi connectivity index (χ1n) is 8.54. The molecule has 1 unspecified atom stereocenters. The number of amides is 1. The molecular formula is C18H27FN2O3. The minimum absolute atomic E-state index is 0.0778. The van der Waals surface area contributed by atoms with Crippen LogP contribution in [0.15, 0.2) is 18.3 Å². The van der Waals surface area contributed by atoms with E-state index in [9.17, 15) is 9.18 Å². The molecular weight excluding hydrogens is 311 g/mol. The number of aromatic nitrogens is 1. The second-order valence-electron chi connectivity index (χ2n) is 7.18. The predicted octanol–water partition coefficient (Wildman–Crippen LogP) is 4.03. The van der Waals surface area contributed by atoms with Crippen molar-refractivity contribution in [2.24, 2.45) is 5.92 Å². The Balaban J connectivity index is 1.99. The highest BCUT2D eigenvalue weighted by molar-refractivity contribution is 5.68. The lowest BCUT2D eigenvalue weighted by molar-refractivity contribution is -0.00601. The zero-order valence-corrected chi connectivity index (χ0v) is 14.9. The lowest BCUT2D eigenvalue weighted by Crippen LogP contribution is -2.51. The summed E-state index contributed by atoms with van der Waals surface area (Å²) in [5.41, 5.74) is -0.503. The third kappa shape index (κ3) is 5.08. The molecule has 0 saturated carbocycles. The molecule has 0 bridgehead atoms. The number of carbonyl (C=O) groups is 1. The van der Waals surface area contributed by atoms with Crippen molar-refractivity contribution in [3.63, 3.8) is 0 Å². The fraction of sp³-hybridized carbons (Fsp3) is 0.667. The second kappa shape index (κ2) is 7.81. The fourth-order valence-corrected chi connectivity index (χ4v) is 3.07. The maximum Gasteiger partial charge on any atom is 0.410 e. The lowest BCUT2D eigenvalue weighted by atomic mass is 9.88. The third-order valence-electron chi connectivity index (χ3n) is 4.11. The summed E-state index contributed by atoms with van der Waals surface area (Å²) in [5.74, 6) is 0.228. The number of pyridine rings is 1. The average Bonchev–Trinajstić information content (AvgIpc) is 2.52. The summed E-state index contributed by atoms with van der Waals surface area (Å²) in [4.78, 5) is 18.2. The van der Waals surface area contributed by atoms with Crippen LogP contribution in [0.1, 0.15) is 47.0 Å². The number of likely N-dealkylation sites (tertiary alicyclic amines) is 1. The van der Waals surface area contributed by atoms with Gasteiger partial charge in [0.2, 0.25) is 5.88 Å². The van der Waals surface area contributed by atoms with E-state index < -0.39 is 5.60 Å². The molecule has 0 aromatic carbocycles. The lowest BCUT2D eigenvalue weighted by Gasteiger charge is -2.41. The minimum Gasteiger partial charge on any atom is -0.477 e. The average molecular weight is 338 g/mol. The van der Waals surface area contributed by atoms with Gasteiger partial charge in [0.1, 0.15) is 11.4 Å². The minimum atomic E-state index is -0.503. The van der Waals surface area contributed by atoms with E-state index in [-0.39, 0.29) is 23.9 Å². The first-order valence-corrected chi connectivity index (χ1v) is 8.54. The van der Waals surface area contributed by atoms with Crippen LogP contribution in [-0.2, 0) is 4.74 Å². The Labute approximate surface area is 143 Å². The summed E-state index contributed by atoms with van der Waals surface area (Å²) in [6.45, 7) is 8.84. The Morgan fingerprint density at radius 1 is 1.42 bits per heavy atom. The number of carbonyl (C=O) groups excluding carboxylic acids is 1. The van der Waals surface area contributed by atoms with Crippen LogP contribution in [0.5, 0.6) is 5.88 Å². The van der Waals surface area contributed by atoms with E-state index in [0.717, 1.165) is 25.5 Å². The first-order chi connectivity index (χ1) is 11.3. The molecule has 0 spiro atoms. The topological polar surface area (TPSA) is 51.7 Å². The van der Waals surface area contributed by atoms with Gasteiger partial charge in [0.25, 0.3) is 0 Å². The molecule has 0 radical (unpaired) electrons. The monoisotopic (exact) mass is 338 g/mol.